The lowest BCUT2D eigenvalue weighted by molar-refractivity contribution is 0.471. The van der Waals surface area contributed by atoms with Gasteiger partial charge < -0.3 is 5.11 Å². The Hall–Kier alpha value is -1.97. The summed E-state index contributed by atoms with van der Waals surface area (Å²) in [5.74, 6) is 0.0428. The number of hydrogen-bond acceptors (Lipinski definition) is 4. The molecule has 0 fully saturated rings. The van der Waals surface area contributed by atoms with Crippen LogP contribution in [0.4, 0.5) is 0 Å². The molecule has 13 heavy (non-hydrogen) atoms. The van der Waals surface area contributed by atoms with Gasteiger partial charge in [-0.2, -0.15) is 0 Å². The maximum Gasteiger partial charge on any atom is 0.161 e. The molecule has 0 aliphatic carbocycles. The Bertz CT molecular complexity index is 403. The molecule has 0 unspecified atom stereocenters. The van der Waals surface area contributed by atoms with E-state index in [1.807, 2.05) is 12.1 Å². The van der Waals surface area contributed by atoms with Crippen LogP contribution in [-0.2, 0) is 0 Å². The molecule has 2 heterocycles. The Morgan fingerprint density at radius 2 is 2.08 bits per heavy atom. The lowest BCUT2D eigenvalue weighted by Crippen LogP contribution is -1.87. The first-order valence-corrected chi connectivity index (χ1v) is 3.78. The monoisotopic (exact) mass is 173 g/mol. The Morgan fingerprint density at radius 3 is 2.77 bits per heavy atom. The third-order valence-corrected chi connectivity index (χ3v) is 1.60. The summed E-state index contributed by atoms with van der Waals surface area (Å²) >= 11 is 0. The molecule has 4 nitrogen and oxygen atoms in total. The van der Waals surface area contributed by atoms with Gasteiger partial charge in [0.2, 0.25) is 0 Å². The number of hydrogen-bond donors (Lipinski definition) is 1. The van der Waals surface area contributed by atoms with Crippen LogP contribution in [0.25, 0.3) is 11.4 Å². The van der Waals surface area contributed by atoms with E-state index in [-0.39, 0.29) is 5.75 Å². The Balaban J connectivity index is 2.54. The molecule has 0 spiro atoms. The first-order chi connectivity index (χ1) is 6.38. The van der Waals surface area contributed by atoms with Gasteiger partial charge in [-0.1, -0.05) is 6.07 Å². The van der Waals surface area contributed by atoms with Gasteiger partial charge >= 0.3 is 0 Å². The summed E-state index contributed by atoms with van der Waals surface area (Å²) in [5.41, 5.74) is 1.10. The highest BCUT2D eigenvalue weighted by atomic mass is 16.3. The van der Waals surface area contributed by atoms with Gasteiger partial charge in [0.25, 0.3) is 0 Å². The minimum Gasteiger partial charge on any atom is -0.504 e. The molecule has 2 aromatic heterocycles. The van der Waals surface area contributed by atoms with Gasteiger partial charge in [0.15, 0.2) is 5.75 Å². The normalized spacial score (nSPS) is 9.85. The van der Waals surface area contributed by atoms with Crippen molar-refractivity contribution >= 4 is 0 Å². The first-order valence-electron chi connectivity index (χ1n) is 3.78. The Morgan fingerprint density at radius 1 is 1.15 bits per heavy atom. The molecule has 0 atom stereocenters. The van der Waals surface area contributed by atoms with Crippen molar-refractivity contribution in [3.05, 3.63) is 36.9 Å². The van der Waals surface area contributed by atoms with Gasteiger partial charge in [0.05, 0.1) is 11.9 Å². The predicted octanol–water partition coefficient (Wildman–Crippen LogP) is 1.24. The summed E-state index contributed by atoms with van der Waals surface area (Å²) in [6.45, 7) is 0. The van der Waals surface area contributed by atoms with E-state index < -0.39 is 0 Å². The van der Waals surface area contributed by atoms with E-state index in [0.717, 1.165) is 0 Å². The molecular weight excluding hydrogens is 166 g/mol. The molecule has 0 aromatic carbocycles. The second-order valence-electron chi connectivity index (χ2n) is 2.47. The summed E-state index contributed by atoms with van der Waals surface area (Å²) in [5, 5.41) is 9.40. The molecule has 2 aromatic rings. The van der Waals surface area contributed by atoms with E-state index in [1.165, 1.54) is 12.5 Å². The van der Waals surface area contributed by atoms with Crippen LogP contribution in [0.3, 0.4) is 0 Å². The van der Waals surface area contributed by atoms with Crippen molar-refractivity contribution in [2.24, 2.45) is 0 Å². The van der Waals surface area contributed by atoms with Crippen molar-refractivity contribution in [2.75, 3.05) is 0 Å². The number of nitrogens with zero attached hydrogens (tertiary/aromatic N) is 3. The SMILES string of the molecule is Oc1cncnc1-c1ccccn1. The maximum absolute atomic E-state index is 9.40. The number of pyridine rings is 1. The fourth-order valence-corrected chi connectivity index (χ4v) is 1.02. The average Bonchev–Trinajstić information content (AvgIpc) is 2.20. The van der Waals surface area contributed by atoms with Crippen molar-refractivity contribution in [1.29, 1.82) is 0 Å². The topological polar surface area (TPSA) is 58.9 Å². The van der Waals surface area contributed by atoms with E-state index in [9.17, 15) is 5.11 Å². The molecule has 0 aliphatic heterocycles. The number of rotatable bonds is 1. The molecule has 0 radical (unpaired) electrons. The fourth-order valence-electron chi connectivity index (χ4n) is 1.02. The van der Waals surface area contributed by atoms with E-state index >= 15 is 0 Å². The zero-order valence-corrected chi connectivity index (χ0v) is 6.75. The summed E-state index contributed by atoms with van der Waals surface area (Å²) in [4.78, 5) is 11.7. The largest absolute Gasteiger partial charge is 0.504 e. The van der Waals surface area contributed by atoms with Crippen molar-refractivity contribution in [3.8, 4) is 17.1 Å². The zero-order valence-electron chi connectivity index (χ0n) is 6.75. The van der Waals surface area contributed by atoms with E-state index in [2.05, 4.69) is 15.0 Å². The molecule has 4 heteroatoms. The van der Waals surface area contributed by atoms with Crippen molar-refractivity contribution in [1.82, 2.24) is 15.0 Å². The van der Waals surface area contributed by atoms with E-state index in [0.29, 0.717) is 11.4 Å². The highest BCUT2D eigenvalue weighted by molar-refractivity contribution is 5.60. The third-order valence-electron chi connectivity index (χ3n) is 1.60. The van der Waals surface area contributed by atoms with Crippen molar-refractivity contribution < 1.29 is 5.11 Å². The summed E-state index contributed by atoms with van der Waals surface area (Å²) in [6, 6.07) is 5.42. The van der Waals surface area contributed by atoms with Crippen LogP contribution in [0.5, 0.6) is 5.75 Å². The fraction of sp³-hybridized carbons (Fsp3) is 0. The van der Waals surface area contributed by atoms with Crippen LogP contribution in [-0.4, -0.2) is 20.1 Å². The van der Waals surface area contributed by atoms with Crippen LogP contribution >= 0.6 is 0 Å². The van der Waals surface area contributed by atoms with Crippen LogP contribution in [0, 0.1) is 0 Å². The average molecular weight is 173 g/mol. The minimum atomic E-state index is 0.0428. The quantitative estimate of drug-likeness (QED) is 0.704. The van der Waals surface area contributed by atoms with Crippen LogP contribution < -0.4 is 0 Å². The van der Waals surface area contributed by atoms with Gasteiger partial charge in [-0.25, -0.2) is 9.97 Å². The lowest BCUT2D eigenvalue weighted by atomic mass is 10.2. The molecule has 0 bridgehead atoms. The van der Waals surface area contributed by atoms with Crippen LogP contribution in [0.2, 0.25) is 0 Å². The van der Waals surface area contributed by atoms with Gasteiger partial charge in [-0.3, -0.25) is 4.98 Å². The van der Waals surface area contributed by atoms with Gasteiger partial charge in [0.1, 0.15) is 12.0 Å². The van der Waals surface area contributed by atoms with Gasteiger partial charge in [-0.05, 0) is 12.1 Å². The second-order valence-corrected chi connectivity index (χ2v) is 2.47. The zero-order chi connectivity index (χ0) is 9.10. The lowest BCUT2D eigenvalue weighted by Gasteiger charge is -1.99. The van der Waals surface area contributed by atoms with Crippen LogP contribution in [0.15, 0.2) is 36.9 Å². The molecule has 2 rings (SSSR count). The number of aromatic nitrogens is 3. The summed E-state index contributed by atoms with van der Waals surface area (Å²) < 4.78 is 0. The third kappa shape index (κ3) is 1.46. The molecule has 0 amide bonds. The first kappa shape index (κ1) is 7.67. The van der Waals surface area contributed by atoms with Gasteiger partial charge in [0, 0.05) is 6.20 Å². The van der Waals surface area contributed by atoms with Gasteiger partial charge in [-0.15, -0.1) is 0 Å². The molecular formula is C9H7N3O. The Kier molecular flexibility index (Phi) is 1.88. The minimum absolute atomic E-state index is 0.0428. The predicted molar refractivity (Wildman–Crippen MR) is 46.9 cm³/mol. The summed E-state index contributed by atoms with van der Waals surface area (Å²) in [7, 11) is 0. The van der Waals surface area contributed by atoms with Crippen molar-refractivity contribution in [2.45, 2.75) is 0 Å². The second kappa shape index (κ2) is 3.18. The molecule has 0 saturated carbocycles. The van der Waals surface area contributed by atoms with Crippen LogP contribution in [0.1, 0.15) is 0 Å². The molecule has 1 N–H and O–H groups in total. The molecule has 0 saturated heterocycles. The highest BCUT2D eigenvalue weighted by Gasteiger charge is 2.04. The van der Waals surface area contributed by atoms with E-state index in [4.69, 9.17) is 0 Å². The number of aromatic hydroxyl groups is 1. The van der Waals surface area contributed by atoms with Crippen molar-refractivity contribution in [3.63, 3.8) is 0 Å². The maximum atomic E-state index is 9.40. The Labute approximate surface area is 74.9 Å². The van der Waals surface area contributed by atoms with E-state index in [1.54, 1.807) is 12.3 Å². The highest BCUT2D eigenvalue weighted by Crippen LogP contribution is 2.22. The standard InChI is InChI=1S/C9H7N3O/c13-8-5-10-6-12-9(8)7-3-1-2-4-11-7/h1-6,13H. The summed E-state index contributed by atoms with van der Waals surface area (Å²) in [6.07, 6.45) is 4.37. The smallest absolute Gasteiger partial charge is 0.161 e. The molecule has 64 valence electrons. The molecule has 0 aliphatic rings.